The van der Waals surface area contributed by atoms with Crippen molar-refractivity contribution in [2.24, 2.45) is 0 Å². The van der Waals surface area contributed by atoms with Crippen molar-refractivity contribution in [1.82, 2.24) is 24.4 Å². The summed E-state index contributed by atoms with van der Waals surface area (Å²) in [7, 11) is 1.51. The minimum atomic E-state index is -4.50. The number of nitrogens with two attached hydrogens (primary N) is 1. The van der Waals surface area contributed by atoms with Gasteiger partial charge in [0.25, 0.3) is 0 Å². The van der Waals surface area contributed by atoms with E-state index in [1.165, 1.54) is 17.7 Å². The van der Waals surface area contributed by atoms with E-state index in [4.69, 9.17) is 15.2 Å². The highest BCUT2D eigenvalue weighted by molar-refractivity contribution is 5.81. The summed E-state index contributed by atoms with van der Waals surface area (Å²) in [6, 6.07) is 3.86. The van der Waals surface area contributed by atoms with Gasteiger partial charge in [-0.05, 0) is 49.2 Å². The van der Waals surface area contributed by atoms with Crippen LogP contribution in [-0.4, -0.2) is 57.8 Å². The van der Waals surface area contributed by atoms with Crippen LogP contribution in [0.4, 0.5) is 19.0 Å². The summed E-state index contributed by atoms with van der Waals surface area (Å²) >= 11 is 0. The zero-order valence-electron chi connectivity index (χ0n) is 18.1. The quantitative estimate of drug-likeness (QED) is 0.491. The number of hydrogen-bond acceptors (Lipinski definition) is 7. The molecule has 0 bridgehead atoms. The number of ether oxygens (including phenoxy) is 2. The molecule has 0 spiro atoms. The van der Waals surface area contributed by atoms with Gasteiger partial charge in [-0.15, -0.1) is 0 Å². The molecule has 2 aromatic heterocycles. The molecule has 3 aromatic rings. The van der Waals surface area contributed by atoms with Gasteiger partial charge in [0.1, 0.15) is 12.1 Å². The van der Waals surface area contributed by atoms with Crippen molar-refractivity contribution in [2.45, 2.75) is 32.1 Å². The monoisotopic (exact) mass is 466 g/mol. The Morgan fingerprint density at radius 3 is 2.45 bits per heavy atom. The van der Waals surface area contributed by atoms with Crippen LogP contribution < -0.4 is 16.2 Å². The van der Waals surface area contributed by atoms with Crippen LogP contribution in [0.5, 0.6) is 6.01 Å². The Kier molecular flexibility index (Phi) is 6.56. The van der Waals surface area contributed by atoms with Crippen molar-refractivity contribution in [2.75, 3.05) is 39.1 Å². The Labute approximate surface area is 187 Å². The van der Waals surface area contributed by atoms with Crippen LogP contribution in [0, 0.1) is 0 Å². The Hall–Kier alpha value is -3.12. The van der Waals surface area contributed by atoms with E-state index in [1.807, 2.05) is 0 Å². The molecule has 33 heavy (non-hydrogen) atoms. The number of rotatable bonds is 8. The standard InChI is InChI=1S/C21H25F3N6O3/c1-32-6-7-33-19-27-17(25)16-18(28-19)30(20(31)26-16)12-14-8-13(11-29-4-2-3-5-29)9-15(10-14)21(22,23)24/h8-10H,2-7,11-12H2,1H3,(H,26,31)(H2,25,27,28). The summed E-state index contributed by atoms with van der Waals surface area (Å²) < 4.78 is 52.3. The third-order valence-corrected chi connectivity index (χ3v) is 5.47. The van der Waals surface area contributed by atoms with Gasteiger partial charge < -0.3 is 20.2 Å². The van der Waals surface area contributed by atoms with Gasteiger partial charge in [0.15, 0.2) is 11.5 Å². The number of imidazole rings is 1. The molecule has 0 atom stereocenters. The number of aromatic nitrogens is 4. The van der Waals surface area contributed by atoms with Crippen molar-refractivity contribution >= 4 is 17.0 Å². The third kappa shape index (κ3) is 5.28. The highest BCUT2D eigenvalue weighted by Crippen LogP contribution is 2.31. The normalized spacial score (nSPS) is 14.9. The van der Waals surface area contributed by atoms with Gasteiger partial charge in [0.05, 0.1) is 18.7 Å². The summed E-state index contributed by atoms with van der Waals surface area (Å²) in [5.74, 6) is 0.00188. The maximum absolute atomic E-state index is 13.6. The second-order valence-electron chi connectivity index (χ2n) is 7.97. The maximum Gasteiger partial charge on any atom is 0.416 e. The lowest BCUT2D eigenvalue weighted by atomic mass is 10.0. The fraction of sp³-hybridized carbons (Fsp3) is 0.476. The smallest absolute Gasteiger partial charge is 0.416 e. The molecule has 3 heterocycles. The van der Waals surface area contributed by atoms with Crippen molar-refractivity contribution in [3.8, 4) is 6.01 Å². The van der Waals surface area contributed by atoms with Gasteiger partial charge in [-0.3, -0.25) is 9.47 Å². The number of methoxy groups -OCH3 is 1. The number of halogens is 3. The summed E-state index contributed by atoms with van der Waals surface area (Å²) in [5, 5.41) is 0. The van der Waals surface area contributed by atoms with E-state index >= 15 is 0 Å². The van der Waals surface area contributed by atoms with Crippen molar-refractivity contribution in [1.29, 1.82) is 0 Å². The average molecular weight is 466 g/mol. The molecule has 1 fully saturated rings. The SMILES string of the molecule is COCCOc1nc(N)c2[nH]c(=O)n(Cc3cc(CN4CCCC4)cc(C(F)(F)F)c3)c2n1. The second kappa shape index (κ2) is 9.40. The highest BCUT2D eigenvalue weighted by atomic mass is 19.4. The van der Waals surface area contributed by atoms with Crippen LogP contribution in [0.25, 0.3) is 11.2 Å². The fourth-order valence-corrected chi connectivity index (χ4v) is 3.95. The summed E-state index contributed by atoms with van der Waals surface area (Å²) in [6.07, 6.45) is -2.44. The first-order valence-electron chi connectivity index (χ1n) is 10.5. The Bertz CT molecular complexity index is 1180. The number of likely N-dealkylation sites (tertiary alicyclic amines) is 1. The number of nitrogens with zero attached hydrogens (tertiary/aromatic N) is 4. The molecular weight excluding hydrogens is 441 g/mol. The molecular formula is C21H25F3N6O3. The van der Waals surface area contributed by atoms with Gasteiger partial charge in [-0.25, -0.2) is 4.79 Å². The number of benzene rings is 1. The van der Waals surface area contributed by atoms with E-state index in [0.29, 0.717) is 24.3 Å². The third-order valence-electron chi connectivity index (χ3n) is 5.47. The molecule has 1 aromatic carbocycles. The zero-order valence-corrected chi connectivity index (χ0v) is 18.1. The number of alkyl halides is 3. The number of H-pyrrole nitrogens is 1. The molecule has 1 saturated heterocycles. The van der Waals surface area contributed by atoms with Crippen molar-refractivity contribution < 1.29 is 22.6 Å². The number of fused-ring (bicyclic) bond motifs is 1. The van der Waals surface area contributed by atoms with Gasteiger partial charge >= 0.3 is 17.9 Å². The largest absolute Gasteiger partial charge is 0.461 e. The van der Waals surface area contributed by atoms with Crippen LogP contribution in [0.1, 0.15) is 29.5 Å². The van der Waals surface area contributed by atoms with Gasteiger partial charge in [-0.1, -0.05) is 6.07 Å². The average Bonchev–Trinajstić information content (AvgIpc) is 3.36. The van der Waals surface area contributed by atoms with Crippen LogP contribution in [0.15, 0.2) is 23.0 Å². The lowest BCUT2D eigenvalue weighted by Crippen LogP contribution is -2.21. The highest BCUT2D eigenvalue weighted by Gasteiger charge is 2.31. The number of nitrogen functional groups attached to an aromatic ring is 1. The van der Waals surface area contributed by atoms with Crippen LogP contribution in [0.3, 0.4) is 0 Å². The molecule has 1 aliphatic heterocycles. The molecule has 0 radical (unpaired) electrons. The lowest BCUT2D eigenvalue weighted by molar-refractivity contribution is -0.137. The molecule has 12 heteroatoms. The zero-order chi connectivity index (χ0) is 23.6. The van der Waals surface area contributed by atoms with Crippen LogP contribution in [0.2, 0.25) is 0 Å². The van der Waals surface area contributed by atoms with Gasteiger partial charge in [0, 0.05) is 13.7 Å². The number of aromatic amines is 1. The fourth-order valence-electron chi connectivity index (χ4n) is 3.95. The minimum absolute atomic E-state index is 0.00188. The van der Waals surface area contributed by atoms with Gasteiger partial charge in [0.2, 0.25) is 0 Å². The molecule has 0 amide bonds. The van der Waals surface area contributed by atoms with E-state index in [0.717, 1.165) is 32.0 Å². The minimum Gasteiger partial charge on any atom is -0.461 e. The number of hydrogen-bond donors (Lipinski definition) is 2. The molecule has 4 rings (SSSR count). The molecule has 0 aliphatic carbocycles. The van der Waals surface area contributed by atoms with Gasteiger partial charge in [-0.2, -0.15) is 23.1 Å². The van der Waals surface area contributed by atoms with Crippen LogP contribution >= 0.6 is 0 Å². The first kappa shape index (κ1) is 23.1. The van der Waals surface area contributed by atoms with Crippen molar-refractivity contribution in [3.05, 3.63) is 45.4 Å². The van der Waals surface area contributed by atoms with E-state index in [2.05, 4.69) is 19.9 Å². The van der Waals surface area contributed by atoms with E-state index in [-0.39, 0.29) is 36.1 Å². The Balaban J connectivity index is 1.70. The predicted octanol–water partition coefficient (Wildman–Crippen LogP) is 2.39. The molecule has 0 saturated carbocycles. The lowest BCUT2D eigenvalue weighted by Gasteiger charge is -2.17. The summed E-state index contributed by atoms with van der Waals surface area (Å²) in [5.41, 5.74) is 5.86. The topological polar surface area (TPSA) is 111 Å². The molecule has 0 unspecified atom stereocenters. The summed E-state index contributed by atoms with van der Waals surface area (Å²) in [6.45, 7) is 2.48. The first-order valence-corrected chi connectivity index (χ1v) is 10.5. The summed E-state index contributed by atoms with van der Waals surface area (Å²) in [4.78, 5) is 25.5. The molecule has 1 aliphatic rings. The van der Waals surface area contributed by atoms with Crippen LogP contribution in [-0.2, 0) is 24.0 Å². The number of nitrogens with one attached hydrogen (secondary N) is 1. The molecule has 3 N–H and O–H groups in total. The molecule has 178 valence electrons. The van der Waals surface area contributed by atoms with Crippen molar-refractivity contribution in [3.63, 3.8) is 0 Å². The maximum atomic E-state index is 13.6. The number of anilines is 1. The van der Waals surface area contributed by atoms with E-state index in [1.54, 1.807) is 6.07 Å². The van der Waals surface area contributed by atoms with E-state index < -0.39 is 17.4 Å². The van der Waals surface area contributed by atoms with E-state index in [9.17, 15) is 18.0 Å². The predicted molar refractivity (Wildman–Crippen MR) is 115 cm³/mol. The first-order chi connectivity index (χ1) is 15.7. The second-order valence-corrected chi connectivity index (χ2v) is 7.97. The Morgan fingerprint density at radius 1 is 1.09 bits per heavy atom. The Morgan fingerprint density at radius 2 is 1.79 bits per heavy atom. The molecule has 9 nitrogen and oxygen atoms in total.